The number of carbonyl (C=O) groups excluding carboxylic acids is 3. The van der Waals surface area contributed by atoms with E-state index in [1.807, 2.05) is 13.8 Å². The van der Waals surface area contributed by atoms with Crippen LogP contribution in [0.2, 0.25) is 0 Å². The number of hydrogen-bond donors (Lipinski definition) is 1. The first-order valence-corrected chi connectivity index (χ1v) is 11.4. The Hall–Kier alpha value is -3.13. The summed E-state index contributed by atoms with van der Waals surface area (Å²) in [5.74, 6) is -0.992. The van der Waals surface area contributed by atoms with Crippen LogP contribution in [0.5, 0.6) is 11.5 Å². The van der Waals surface area contributed by atoms with Crippen LogP contribution >= 0.6 is 0 Å². The Morgan fingerprint density at radius 1 is 1.15 bits per heavy atom. The van der Waals surface area contributed by atoms with E-state index in [1.165, 1.54) is 14.0 Å². The van der Waals surface area contributed by atoms with Crippen molar-refractivity contribution in [3.05, 3.63) is 46.3 Å². The number of carbonyl (C=O) groups is 3. The van der Waals surface area contributed by atoms with Crippen molar-refractivity contribution in [2.75, 3.05) is 26.9 Å². The van der Waals surface area contributed by atoms with Gasteiger partial charge in [-0.15, -0.1) is 0 Å². The second-order valence-electron chi connectivity index (χ2n) is 9.29. The van der Waals surface area contributed by atoms with Gasteiger partial charge in [0.1, 0.15) is 6.61 Å². The molecular weight excluding hydrogens is 438 g/mol. The molecule has 3 rings (SSSR count). The Balaban J connectivity index is 2.14. The third kappa shape index (κ3) is 5.50. The summed E-state index contributed by atoms with van der Waals surface area (Å²) >= 11 is 0. The Morgan fingerprint density at radius 3 is 2.53 bits per heavy atom. The van der Waals surface area contributed by atoms with Gasteiger partial charge in [0.15, 0.2) is 17.3 Å². The Kier molecular flexibility index (Phi) is 7.82. The van der Waals surface area contributed by atoms with Crippen LogP contribution in [-0.2, 0) is 23.9 Å². The normalized spacial score (nSPS) is 19.4. The molecule has 0 bridgehead atoms. The fourth-order valence-electron chi connectivity index (χ4n) is 4.55. The minimum atomic E-state index is -0.638. The maximum Gasteiger partial charge on any atom is 0.336 e. The van der Waals surface area contributed by atoms with Gasteiger partial charge in [0, 0.05) is 43.3 Å². The fraction of sp³-hybridized carbons (Fsp3) is 0.500. The standard InChI is InChI=1S/C26H33NO7/c1-7-32-21-12-17(8-9-20(21)34-16(3)28)23-22(25(30)33-11-10-31-6)15(2)27-18-13-26(4,5)14-19(29)24(18)23/h8-9,12,23,27H,7,10-11,13-14H2,1-6H3/t23-/m1/s1. The molecule has 1 atom stereocenters. The predicted molar refractivity (Wildman–Crippen MR) is 125 cm³/mol. The van der Waals surface area contributed by atoms with Crippen LogP contribution in [0.4, 0.5) is 0 Å². The lowest BCUT2D eigenvalue weighted by molar-refractivity contribution is -0.140. The third-order valence-electron chi connectivity index (χ3n) is 5.83. The van der Waals surface area contributed by atoms with E-state index in [0.29, 0.717) is 47.6 Å². The van der Waals surface area contributed by atoms with Crippen molar-refractivity contribution in [2.45, 2.75) is 53.4 Å². The summed E-state index contributed by atoms with van der Waals surface area (Å²) < 4.78 is 21.5. The molecule has 0 amide bonds. The van der Waals surface area contributed by atoms with Gasteiger partial charge in [0.2, 0.25) is 0 Å². The topological polar surface area (TPSA) is 100 Å². The molecule has 2 aliphatic rings. The molecule has 1 heterocycles. The molecule has 1 aliphatic carbocycles. The lowest BCUT2D eigenvalue weighted by Gasteiger charge is -2.39. The van der Waals surface area contributed by atoms with Crippen molar-refractivity contribution >= 4 is 17.7 Å². The van der Waals surface area contributed by atoms with E-state index in [-0.39, 0.29) is 30.2 Å². The molecule has 1 N–H and O–H groups in total. The molecule has 0 unspecified atom stereocenters. The lowest BCUT2D eigenvalue weighted by Crippen LogP contribution is -2.38. The first kappa shape index (κ1) is 25.5. The van der Waals surface area contributed by atoms with Crippen LogP contribution in [0.3, 0.4) is 0 Å². The number of methoxy groups -OCH3 is 1. The number of allylic oxidation sites excluding steroid dienone is 3. The summed E-state index contributed by atoms with van der Waals surface area (Å²) in [7, 11) is 1.53. The van der Waals surface area contributed by atoms with Crippen molar-refractivity contribution in [3.8, 4) is 11.5 Å². The number of benzene rings is 1. The average molecular weight is 472 g/mol. The molecule has 1 aromatic carbocycles. The van der Waals surface area contributed by atoms with E-state index >= 15 is 0 Å². The SMILES string of the molecule is CCOc1cc([C@@H]2C(C(=O)OCCOC)=C(C)NC3=C2C(=O)CC(C)(C)C3)ccc1OC(C)=O. The van der Waals surface area contributed by atoms with Gasteiger partial charge < -0.3 is 24.3 Å². The van der Waals surface area contributed by atoms with Gasteiger partial charge in [-0.1, -0.05) is 19.9 Å². The maximum atomic E-state index is 13.4. The van der Waals surface area contributed by atoms with Gasteiger partial charge in [-0.2, -0.15) is 0 Å². The zero-order valence-electron chi connectivity index (χ0n) is 20.7. The van der Waals surface area contributed by atoms with Crippen molar-refractivity contribution < 1.29 is 33.3 Å². The van der Waals surface area contributed by atoms with Gasteiger partial charge in [-0.25, -0.2) is 4.79 Å². The number of Topliss-reactive ketones (excluding diaryl/α,β-unsaturated/α-hetero) is 1. The highest BCUT2D eigenvalue weighted by Crippen LogP contribution is 2.47. The van der Waals surface area contributed by atoms with E-state index in [9.17, 15) is 14.4 Å². The summed E-state index contributed by atoms with van der Waals surface area (Å²) in [5.41, 5.74) is 2.87. The van der Waals surface area contributed by atoms with E-state index in [2.05, 4.69) is 19.2 Å². The summed E-state index contributed by atoms with van der Waals surface area (Å²) in [6.45, 7) is 9.78. The summed E-state index contributed by atoms with van der Waals surface area (Å²) in [6, 6.07) is 5.11. The number of rotatable bonds is 8. The number of esters is 2. The molecule has 0 radical (unpaired) electrons. The number of nitrogens with one attached hydrogen (secondary N) is 1. The van der Waals surface area contributed by atoms with Crippen LogP contribution in [0, 0.1) is 5.41 Å². The van der Waals surface area contributed by atoms with Crippen LogP contribution in [0.1, 0.15) is 58.9 Å². The Bertz CT molecular complexity index is 1050. The smallest absolute Gasteiger partial charge is 0.336 e. The van der Waals surface area contributed by atoms with Crippen molar-refractivity contribution in [2.24, 2.45) is 5.41 Å². The van der Waals surface area contributed by atoms with E-state index in [1.54, 1.807) is 18.2 Å². The highest BCUT2D eigenvalue weighted by atomic mass is 16.6. The average Bonchev–Trinajstić information content (AvgIpc) is 2.73. The van der Waals surface area contributed by atoms with Gasteiger partial charge >= 0.3 is 11.9 Å². The highest BCUT2D eigenvalue weighted by Gasteiger charge is 2.43. The largest absolute Gasteiger partial charge is 0.490 e. The second kappa shape index (κ2) is 10.4. The lowest BCUT2D eigenvalue weighted by atomic mass is 9.68. The molecule has 0 saturated heterocycles. The first-order chi connectivity index (χ1) is 16.1. The number of dihydropyridines is 1. The number of hydrogen-bond acceptors (Lipinski definition) is 8. The quantitative estimate of drug-likeness (QED) is 0.347. The maximum absolute atomic E-state index is 13.4. The molecule has 8 heteroatoms. The molecule has 34 heavy (non-hydrogen) atoms. The molecule has 0 fully saturated rings. The fourth-order valence-corrected chi connectivity index (χ4v) is 4.55. The molecule has 0 spiro atoms. The van der Waals surface area contributed by atoms with E-state index in [0.717, 1.165) is 5.70 Å². The number of ether oxygens (including phenoxy) is 4. The molecule has 1 aromatic rings. The molecule has 184 valence electrons. The molecular formula is C26H33NO7. The van der Waals surface area contributed by atoms with Crippen LogP contribution in [0.15, 0.2) is 40.7 Å². The van der Waals surface area contributed by atoms with Gasteiger partial charge in [-0.05, 0) is 43.4 Å². The number of ketones is 1. The van der Waals surface area contributed by atoms with Crippen LogP contribution in [0.25, 0.3) is 0 Å². The van der Waals surface area contributed by atoms with Gasteiger partial charge in [0.25, 0.3) is 0 Å². The Labute approximate surface area is 200 Å². The van der Waals surface area contributed by atoms with Gasteiger partial charge in [0.05, 0.1) is 18.8 Å². The summed E-state index contributed by atoms with van der Waals surface area (Å²) in [4.78, 5) is 38.1. The van der Waals surface area contributed by atoms with Gasteiger partial charge in [-0.3, -0.25) is 9.59 Å². The zero-order chi connectivity index (χ0) is 25.0. The van der Waals surface area contributed by atoms with Crippen LogP contribution < -0.4 is 14.8 Å². The molecule has 0 aromatic heterocycles. The van der Waals surface area contributed by atoms with Crippen LogP contribution in [-0.4, -0.2) is 44.7 Å². The minimum Gasteiger partial charge on any atom is -0.490 e. The second-order valence-corrected chi connectivity index (χ2v) is 9.29. The van der Waals surface area contributed by atoms with Crippen molar-refractivity contribution in [1.29, 1.82) is 0 Å². The van der Waals surface area contributed by atoms with Crippen molar-refractivity contribution in [3.63, 3.8) is 0 Å². The summed E-state index contributed by atoms with van der Waals surface area (Å²) in [5, 5.41) is 3.31. The molecule has 8 nitrogen and oxygen atoms in total. The third-order valence-corrected chi connectivity index (χ3v) is 5.83. The molecule has 1 aliphatic heterocycles. The first-order valence-electron chi connectivity index (χ1n) is 11.4. The monoisotopic (exact) mass is 471 g/mol. The predicted octanol–water partition coefficient (Wildman–Crippen LogP) is 3.80. The van der Waals surface area contributed by atoms with E-state index < -0.39 is 17.9 Å². The van der Waals surface area contributed by atoms with E-state index in [4.69, 9.17) is 18.9 Å². The van der Waals surface area contributed by atoms with Crippen molar-refractivity contribution in [1.82, 2.24) is 5.32 Å². The minimum absolute atomic E-state index is 0.0135. The highest BCUT2D eigenvalue weighted by molar-refractivity contribution is 6.04. The Morgan fingerprint density at radius 2 is 1.88 bits per heavy atom. The summed E-state index contributed by atoms with van der Waals surface area (Å²) in [6.07, 6.45) is 1.05. The zero-order valence-corrected chi connectivity index (χ0v) is 20.7. The molecule has 0 saturated carbocycles.